The van der Waals surface area contributed by atoms with Crippen LogP contribution in [0.2, 0.25) is 0 Å². The molecule has 0 bridgehead atoms. The van der Waals surface area contributed by atoms with E-state index in [1.807, 2.05) is 6.21 Å². The van der Waals surface area contributed by atoms with Gasteiger partial charge in [0.05, 0.1) is 19.0 Å². The van der Waals surface area contributed by atoms with Gasteiger partial charge in [-0.15, -0.1) is 0 Å². The summed E-state index contributed by atoms with van der Waals surface area (Å²) in [4.78, 5) is 9.85. The van der Waals surface area contributed by atoms with Gasteiger partial charge in [0.1, 0.15) is 5.69 Å². The van der Waals surface area contributed by atoms with E-state index in [9.17, 15) is 0 Å². The molecule has 5 rings (SSSR count). The van der Waals surface area contributed by atoms with Crippen LogP contribution in [0.4, 0.5) is 11.4 Å². The predicted molar refractivity (Wildman–Crippen MR) is 124 cm³/mol. The molecule has 1 spiro atoms. The number of fused-ring (bicyclic) bond motifs is 3. The molecule has 5 heteroatoms. The van der Waals surface area contributed by atoms with Crippen LogP contribution in [0.15, 0.2) is 29.3 Å². The third kappa shape index (κ3) is 2.74. The number of hydrogen-bond acceptors (Lipinski definition) is 5. The Morgan fingerprint density at radius 2 is 1.73 bits per heavy atom. The number of likely N-dealkylation sites (tertiary alicyclic amines) is 1. The monoisotopic (exact) mass is 407 g/mol. The highest BCUT2D eigenvalue weighted by atomic mass is 16.5. The average Bonchev–Trinajstić information content (AvgIpc) is 2.77. The van der Waals surface area contributed by atoms with Crippen molar-refractivity contribution < 1.29 is 9.47 Å². The van der Waals surface area contributed by atoms with Crippen LogP contribution in [0.5, 0.6) is 11.5 Å². The Balaban J connectivity index is 1.75. The Bertz CT molecular complexity index is 994. The van der Waals surface area contributed by atoms with E-state index in [1.165, 1.54) is 31.1 Å². The maximum atomic E-state index is 6.97. The number of nitrogens with zero attached hydrogens (tertiary/aromatic N) is 3. The molecule has 3 aliphatic heterocycles. The molecule has 3 aliphatic rings. The van der Waals surface area contributed by atoms with Crippen LogP contribution in [0, 0.1) is 5.41 Å². The summed E-state index contributed by atoms with van der Waals surface area (Å²) >= 11 is 0. The minimum Gasteiger partial charge on any atom is -0.491 e. The smallest absolute Gasteiger partial charge is 0.204 e. The number of hydrogen-bond donors (Lipinski definition) is 0. The van der Waals surface area contributed by atoms with E-state index in [0.717, 1.165) is 54.3 Å². The minimum absolute atomic E-state index is 0.0524. The molecule has 30 heavy (non-hydrogen) atoms. The Morgan fingerprint density at radius 3 is 2.43 bits per heavy atom. The molecule has 2 fully saturated rings. The van der Waals surface area contributed by atoms with E-state index >= 15 is 0 Å². The number of rotatable bonds is 2. The summed E-state index contributed by atoms with van der Waals surface area (Å²) < 4.78 is 13.1. The van der Waals surface area contributed by atoms with Gasteiger partial charge in [0.15, 0.2) is 11.5 Å². The maximum absolute atomic E-state index is 6.97. The maximum Gasteiger partial charge on any atom is 0.204 e. The van der Waals surface area contributed by atoms with Crippen molar-refractivity contribution in [3.05, 3.63) is 24.3 Å². The number of piperidine rings is 2. The van der Waals surface area contributed by atoms with Crippen molar-refractivity contribution in [2.75, 3.05) is 38.7 Å². The van der Waals surface area contributed by atoms with Gasteiger partial charge in [-0.05, 0) is 39.2 Å². The minimum atomic E-state index is -0.562. The van der Waals surface area contributed by atoms with E-state index in [4.69, 9.17) is 14.5 Å². The fraction of sp³-hybridized carbons (Fsp3) is 0.560. The molecular weight excluding hydrogens is 374 g/mol. The predicted octanol–water partition coefficient (Wildman–Crippen LogP) is 5.38. The van der Waals surface area contributed by atoms with Gasteiger partial charge >= 0.3 is 0 Å². The fourth-order valence-corrected chi connectivity index (χ4v) is 5.64. The highest BCUT2D eigenvalue weighted by Crippen LogP contribution is 2.56. The first-order valence-electron chi connectivity index (χ1n) is 11.3. The zero-order valence-corrected chi connectivity index (χ0v) is 18.7. The molecule has 0 amide bonds. The summed E-state index contributed by atoms with van der Waals surface area (Å²) in [7, 11) is 3.92. The van der Waals surface area contributed by atoms with Gasteiger partial charge < -0.3 is 14.4 Å². The van der Waals surface area contributed by atoms with E-state index < -0.39 is 5.72 Å². The Morgan fingerprint density at radius 1 is 1.00 bits per heavy atom. The largest absolute Gasteiger partial charge is 0.491 e. The summed E-state index contributed by atoms with van der Waals surface area (Å²) in [6, 6.07) is 8.55. The molecular formula is C25H33N3O2. The first-order valence-corrected chi connectivity index (χ1v) is 11.3. The van der Waals surface area contributed by atoms with Crippen LogP contribution in [0.25, 0.3) is 10.8 Å². The number of anilines is 1. The van der Waals surface area contributed by atoms with Crippen molar-refractivity contribution in [2.45, 2.75) is 51.7 Å². The number of aliphatic imine (C=N–C) groups is 1. The van der Waals surface area contributed by atoms with Crippen LogP contribution < -0.4 is 14.4 Å². The quantitative estimate of drug-likeness (QED) is 0.670. The van der Waals surface area contributed by atoms with Crippen LogP contribution in [-0.4, -0.2) is 50.6 Å². The number of methoxy groups -OCH3 is 1. The standard InChI is InChI=1S/C25H33N3O2/c1-24(2)13-10-14-27(3)25(24)17-26-20-18-11-6-7-12-19(18)21(23(29-4)22(20)30-25)28-15-8-5-9-16-28/h6-7,11-12,17H,5,8-10,13-16H2,1-4H3. The van der Waals surface area contributed by atoms with Gasteiger partial charge in [-0.25, -0.2) is 0 Å². The average molecular weight is 408 g/mol. The molecule has 1 atom stereocenters. The van der Waals surface area contributed by atoms with Crippen molar-refractivity contribution >= 4 is 28.4 Å². The van der Waals surface area contributed by atoms with Crippen LogP contribution in [0.3, 0.4) is 0 Å². The van der Waals surface area contributed by atoms with E-state index in [2.05, 4.69) is 55.0 Å². The molecule has 0 aromatic heterocycles. The molecule has 2 aromatic rings. The van der Waals surface area contributed by atoms with Gasteiger partial charge in [-0.1, -0.05) is 38.1 Å². The van der Waals surface area contributed by atoms with Gasteiger partial charge in [-0.3, -0.25) is 9.89 Å². The summed E-state index contributed by atoms with van der Waals surface area (Å²) in [6.07, 6.45) is 8.04. The number of ether oxygens (including phenoxy) is 2. The zero-order chi connectivity index (χ0) is 20.9. The highest BCUT2D eigenvalue weighted by molar-refractivity contribution is 6.08. The molecule has 3 heterocycles. The second-order valence-electron chi connectivity index (χ2n) is 9.62. The lowest BCUT2D eigenvalue weighted by Gasteiger charge is -2.53. The summed E-state index contributed by atoms with van der Waals surface area (Å²) in [6.45, 7) is 7.69. The third-order valence-corrected chi connectivity index (χ3v) is 7.41. The summed E-state index contributed by atoms with van der Waals surface area (Å²) in [5.41, 5.74) is 1.44. The van der Waals surface area contributed by atoms with Crippen LogP contribution in [0.1, 0.15) is 46.0 Å². The van der Waals surface area contributed by atoms with Crippen LogP contribution >= 0.6 is 0 Å². The Hall–Kier alpha value is -2.27. The fourth-order valence-electron chi connectivity index (χ4n) is 5.64. The molecule has 2 saturated heterocycles. The first-order chi connectivity index (χ1) is 14.5. The molecule has 5 nitrogen and oxygen atoms in total. The summed E-state index contributed by atoms with van der Waals surface area (Å²) in [5, 5.41) is 2.33. The van der Waals surface area contributed by atoms with Crippen molar-refractivity contribution in [3.63, 3.8) is 0 Å². The van der Waals surface area contributed by atoms with E-state index in [1.54, 1.807) is 7.11 Å². The van der Waals surface area contributed by atoms with Gasteiger partial charge in [-0.2, -0.15) is 0 Å². The normalized spacial score (nSPS) is 25.9. The van der Waals surface area contributed by atoms with Crippen molar-refractivity contribution in [1.82, 2.24) is 4.90 Å². The van der Waals surface area contributed by atoms with Crippen molar-refractivity contribution in [3.8, 4) is 11.5 Å². The second-order valence-corrected chi connectivity index (χ2v) is 9.62. The SMILES string of the molecule is COc1c2c(c3ccccc3c1N1CCCCC1)N=CC1(O2)N(C)CCCC1(C)C. The molecule has 0 aliphatic carbocycles. The number of benzene rings is 2. The second kappa shape index (κ2) is 7.16. The Kier molecular flexibility index (Phi) is 4.69. The van der Waals surface area contributed by atoms with E-state index in [-0.39, 0.29) is 5.41 Å². The lowest BCUT2D eigenvalue weighted by molar-refractivity contribution is -0.123. The van der Waals surface area contributed by atoms with Crippen molar-refractivity contribution in [2.24, 2.45) is 10.4 Å². The lowest BCUT2D eigenvalue weighted by atomic mass is 9.73. The molecule has 160 valence electrons. The van der Waals surface area contributed by atoms with E-state index in [0.29, 0.717) is 0 Å². The zero-order valence-electron chi connectivity index (χ0n) is 18.7. The molecule has 0 N–H and O–H groups in total. The Labute approximate surface area is 179 Å². The van der Waals surface area contributed by atoms with Crippen LogP contribution in [-0.2, 0) is 0 Å². The summed E-state index contributed by atoms with van der Waals surface area (Å²) in [5.74, 6) is 1.62. The highest BCUT2D eigenvalue weighted by Gasteiger charge is 2.54. The molecule has 0 saturated carbocycles. The third-order valence-electron chi connectivity index (χ3n) is 7.41. The van der Waals surface area contributed by atoms with Gasteiger partial charge in [0, 0.05) is 35.8 Å². The topological polar surface area (TPSA) is 37.3 Å². The van der Waals surface area contributed by atoms with Gasteiger partial charge in [0.25, 0.3) is 0 Å². The molecule has 2 aromatic carbocycles. The lowest BCUT2D eigenvalue weighted by Crippen LogP contribution is -2.65. The molecule has 0 radical (unpaired) electrons. The molecule has 1 unspecified atom stereocenters. The van der Waals surface area contributed by atoms with Gasteiger partial charge in [0.2, 0.25) is 5.72 Å². The van der Waals surface area contributed by atoms with Crippen molar-refractivity contribution in [1.29, 1.82) is 0 Å². The first kappa shape index (κ1) is 19.7.